The van der Waals surface area contributed by atoms with Gasteiger partial charge in [0.15, 0.2) is 0 Å². The molecular weight excluding hydrogens is 291 g/mol. The molecule has 3 rings (SSSR count). The van der Waals surface area contributed by atoms with Crippen molar-refractivity contribution in [2.75, 3.05) is 5.32 Å². The first kappa shape index (κ1) is 15.4. The maximum atomic E-state index is 14.3. The van der Waals surface area contributed by atoms with Crippen molar-refractivity contribution >= 4 is 17.3 Å². The Morgan fingerprint density at radius 3 is 2.57 bits per heavy atom. The lowest BCUT2D eigenvalue weighted by Gasteiger charge is -2.14. The van der Waals surface area contributed by atoms with E-state index in [0.717, 1.165) is 11.1 Å². The lowest BCUT2D eigenvalue weighted by molar-refractivity contribution is -0.118. The molecular formula is C19H19FN2O. The average molecular weight is 310 g/mol. The second kappa shape index (κ2) is 5.95. The summed E-state index contributed by atoms with van der Waals surface area (Å²) in [6, 6.07) is 11.7. The van der Waals surface area contributed by atoms with Crippen LogP contribution in [0.5, 0.6) is 0 Å². The van der Waals surface area contributed by atoms with E-state index < -0.39 is 6.04 Å². The van der Waals surface area contributed by atoms with Gasteiger partial charge in [-0.1, -0.05) is 37.6 Å². The minimum Gasteiger partial charge on any atom is -0.324 e. The van der Waals surface area contributed by atoms with Crippen LogP contribution in [0.3, 0.4) is 0 Å². The topological polar surface area (TPSA) is 41.5 Å². The number of halogens is 1. The van der Waals surface area contributed by atoms with Crippen LogP contribution in [0.15, 0.2) is 47.5 Å². The number of rotatable bonds is 2. The van der Waals surface area contributed by atoms with Crippen LogP contribution in [0.1, 0.15) is 30.5 Å². The van der Waals surface area contributed by atoms with Crippen molar-refractivity contribution in [2.45, 2.75) is 26.8 Å². The normalized spacial score (nSPS) is 17.3. The van der Waals surface area contributed by atoms with Crippen molar-refractivity contribution in [1.82, 2.24) is 0 Å². The third-order valence-electron chi connectivity index (χ3n) is 3.99. The SMILES string of the molecule is Cc1ccc2c(c1)C(c1ccccc1F)=N[C@@H](C(C)C)C(=O)N2. The summed E-state index contributed by atoms with van der Waals surface area (Å²) in [5.74, 6) is -0.473. The van der Waals surface area contributed by atoms with Crippen LogP contribution in [-0.2, 0) is 4.79 Å². The van der Waals surface area contributed by atoms with E-state index in [2.05, 4.69) is 10.3 Å². The van der Waals surface area contributed by atoms with Gasteiger partial charge >= 0.3 is 0 Å². The maximum Gasteiger partial charge on any atom is 0.249 e. The summed E-state index contributed by atoms with van der Waals surface area (Å²) < 4.78 is 14.3. The molecule has 4 heteroatoms. The maximum absolute atomic E-state index is 14.3. The van der Waals surface area contributed by atoms with E-state index in [0.29, 0.717) is 17.0 Å². The molecule has 0 spiro atoms. The van der Waals surface area contributed by atoms with E-state index in [4.69, 9.17) is 0 Å². The number of aryl methyl sites for hydroxylation is 1. The summed E-state index contributed by atoms with van der Waals surface area (Å²) in [6.45, 7) is 5.84. The number of fused-ring (bicyclic) bond motifs is 1. The van der Waals surface area contributed by atoms with Gasteiger partial charge in [-0.2, -0.15) is 0 Å². The molecule has 0 aromatic heterocycles. The Kier molecular flexibility index (Phi) is 3.99. The molecule has 0 saturated carbocycles. The fourth-order valence-electron chi connectivity index (χ4n) is 2.76. The molecule has 0 unspecified atom stereocenters. The number of hydrogen-bond donors (Lipinski definition) is 1. The Bertz CT molecular complexity index is 796. The fourth-order valence-corrected chi connectivity index (χ4v) is 2.76. The molecule has 118 valence electrons. The van der Waals surface area contributed by atoms with E-state index in [-0.39, 0.29) is 17.6 Å². The molecule has 1 atom stereocenters. The molecule has 0 saturated heterocycles. The third-order valence-corrected chi connectivity index (χ3v) is 3.99. The molecule has 0 bridgehead atoms. The van der Waals surface area contributed by atoms with Crippen molar-refractivity contribution in [3.8, 4) is 0 Å². The number of hydrogen-bond acceptors (Lipinski definition) is 2. The molecule has 1 heterocycles. The van der Waals surface area contributed by atoms with Gasteiger partial charge in [0.2, 0.25) is 5.91 Å². The molecule has 2 aromatic rings. The van der Waals surface area contributed by atoms with Crippen molar-refractivity contribution in [3.63, 3.8) is 0 Å². The first-order valence-corrected chi connectivity index (χ1v) is 7.72. The predicted molar refractivity (Wildman–Crippen MR) is 90.5 cm³/mol. The quantitative estimate of drug-likeness (QED) is 0.896. The first-order chi connectivity index (χ1) is 11.0. The molecule has 0 radical (unpaired) electrons. The van der Waals surface area contributed by atoms with Crippen LogP contribution in [0.25, 0.3) is 0 Å². The van der Waals surface area contributed by atoms with Gasteiger partial charge in [0.25, 0.3) is 0 Å². The molecule has 2 aromatic carbocycles. The number of nitrogens with zero attached hydrogens (tertiary/aromatic N) is 1. The van der Waals surface area contributed by atoms with Crippen molar-refractivity contribution in [3.05, 3.63) is 65.0 Å². The summed E-state index contributed by atoms with van der Waals surface area (Å²) in [7, 11) is 0. The number of benzodiazepines with no additional fused rings is 1. The number of nitrogens with one attached hydrogen (secondary N) is 1. The molecule has 1 aliphatic rings. The van der Waals surface area contributed by atoms with Crippen LogP contribution in [0.2, 0.25) is 0 Å². The van der Waals surface area contributed by atoms with Crippen LogP contribution in [0, 0.1) is 18.7 Å². The van der Waals surface area contributed by atoms with Crippen LogP contribution >= 0.6 is 0 Å². The number of carbonyl (C=O) groups is 1. The Morgan fingerprint density at radius 2 is 1.87 bits per heavy atom. The predicted octanol–water partition coefficient (Wildman–Crippen LogP) is 3.95. The van der Waals surface area contributed by atoms with Crippen molar-refractivity contribution < 1.29 is 9.18 Å². The van der Waals surface area contributed by atoms with Gasteiger partial charge in [0.05, 0.1) is 11.4 Å². The molecule has 0 aliphatic carbocycles. The molecule has 1 N–H and O–H groups in total. The zero-order valence-corrected chi connectivity index (χ0v) is 13.4. The molecule has 3 nitrogen and oxygen atoms in total. The van der Waals surface area contributed by atoms with E-state index >= 15 is 0 Å². The number of benzene rings is 2. The van der Waals surface area contributed by atoms with Crippen LogP contribution in [-0.4, -0.2) is 17.7 Å². The van der Waals surface area contributed by atoms with Gasteiger partial charge in [-0.05, 0) is 37.1 Å². The smallest absolute Gasteiger partial charge is 0.249 e. The standard InChI is InChI=1S/C19H19FN2O/c1-11(2)17-19(23)21-16-9-8-12(3)10-14(16)18(22-17)13-6-4-5-7-15(13)20/h4-11,17H,1-3H3,(H,21,23)/t17-/m0/s1. The molecule has 1 aliphatic heterocycles. The minimum atomic E-state index is -0.544. The second-order valence-electron chi connectivity index (χ2n) is 6.18. The lowest BCUT2D eigenvalue weighted by Crippen LogP contribution is -2.30. The molecule has 1 amide bonds. The monoisotopic (exact) mass is 310 g/mol. The fraction of sp³-hybridized carbons (Fsp3) is 0.263. The number of aliphatic imine (C=N–C) groups is 1. The lowest BCUT2D eigenvalue weighted by atomic mass is 9.98. The highest BCUT2D eigenvalue weighted by molar-refractivity contribution is 6.19. The van der Waals surface area contributed by atoms with Gasteiger partial charge in [-0.3, -0.25) is 9.79 Å². The Hall–Kier alpha value is -2.49. The Labute approximate surface area is 135 Å². The summed E-state index contributed by atoms with van der Waals surface area (Å²) >= 11 is 0. The van der Waals surface area contributed by atoms with E-state index in [1.807, 2.05) is 39.0 Å². The number of carbonyl (C=O) groups excluding carboxylic acids is 1. The van der Waals surface area contributed by atoms with Gasteiger partial charge in [-0.15, -0.1) is 0 Å². The van der Waals surface area contributed by atoms with Gasteiger partial charge in [0, 0.05) is 11.1 Å². The zero-order valence-electron chi connectivity index (χ0n) is 13.4. The van der Waals surface area contributed by atoms with E-state index in [9.17, 15) is 9.18 Å². The third kappa shape index (κ3) is 2.89. The highest BCUT2D eigenvalue weighted by atomic mass is 19.1. The molecule has 0 fully saturated rings. The summed E-state index contributed by atoms with van der Waals surface area (Å²) in [5, 5.41) is 2.92. The minimum absolute atomic E-state index is 0.0205. The van der Waals surface area contributed by atoms with Crippen molar-refractivity contribution in [2.24, 2.45) is 10.9 Å². The van der Waals surface area contributed by atoms with Gasteiger partial charge in [0.1, 0.15) is 11.9 Å². The average Bonchev–Trinajstić information content (AvgIpc) is 2.64. The largest absolute Gasteiger partial charge is 0.324 e. The first-order valence-electron chi connectivity index (χ1n) is 7.72. The molecule has 23 heavy (non-hydrogen) atoms. The van der Waals surface area contributed by atoms with E-state index in [1.54, 1.807) is 18.2 Å². The number of anilines is 1. The van der Waals surface area contributed by atoms with Crippen LogP contribution in [0.4, 0.5) is 10.1 Å². The summed E-state index contributed by atoms with van der Waals surface area (Å²) in [6.07, 6.45) is 0. The van der Waals surface area contributed by atoms with Gasteiger partial charge < -0.3 is 5.32 Å². The van der Waals surface area contributed by atoms with Gasteiger partial charge in [-0.25, -0.2) is 4.39 Å². The summed E-state index contributed by atoms with van der Waals surface area (Å²) in [4.78, 5) is 17.1. The highest BCUT2D eigenvalue weighted by Crippen LogP contribution is 2.28. The zero-order chi connectivity index (χ0) is 16.6. The van der Waals surface area contributed by atoms with Crippen molar-refractivity contribution in [1.29, 1.82) is 0 Å². The van der Waals surface area contributed by atoms with Crippen LogP contribution < -0.4 is 5.32 Å². The summed E-state index contributed by atoms with van der Waals surface area (Å²) in [5.41, 5.74) is 3.41. The highest BCUT2D eigenvalue weighted by Gasteiger charge is 2.28. The second-order valence-corrected chi connectivity index (χ2v) is 6.18. The van der Waals surface area contributed by atoms with E-state index in [1.165, 1.54) is 6.07 Å². The Balaban J connectivity index is 2.27. The number of amides is 1. The Morgan fingerprint density at radius 1 is 1.13 bits per heavy atom.